The predicted molar refractivity (Wildman–Crippen MR) is 109 cm³/mol. The maximum Gasteiger partial charge on any atom is 0.191 e. The second-order valence-corrected chi connectivity index (χ2v) is 5.34. The van der Waals surface area contributed by atoms with Crippen molar-refractivity contribution < 1.29 is 0 Å². The third-order valence-electron chi connectivity index (χ3n) is 3.71. The summed E-state index contributed by atoms with van der Waals surface area (Å²) in [4.78, 5) is 7.12. The molecule has 134 valence electrons. The fraction of sp³-hybridized carbons (Fsp3) is 0.750. The Morgan fingerprint density at radius 2 is 2.00 bits per heavy atom. The number of guanidine groups is 1. The molecule has 0 radical (unpaired) electrons. The van der Waals surface area contributed by atoms with Crippen molar-refractivity contribution >= 4 is 29.9 Å². The number of aryl methyl sites for hydroxylation is 1. The van der Waals surface area contributed by atoms with Gasteiger partial charge in [-0.05, 0) is 39.4 Å². The van der Waals surface area contributed by atoms with E-state index in [9.17, 15) is 0 Å². The Balaban J connectivity index is 0.00000484. The van der Waals surface area contributed by atoms with Gasteiger partial charge in [0.2, 0.25) is 0 Å². The summed E-state index contributed by atoms with van der Waals surface area (Å²) in [6.07, 6.45) is 4.83. The molecule has 0 spiro atoms. The molecular weight excluding hydrogens is 403 g/mol. The molecule has 1 atom stereocenters. The minimum Gasteiger partial charge on any atom is -0.357 e. The van der Waals surface area contributed by atoms with Crippen LogP contribution >= 0.6 is 24.0 Å². The zero-order valence-corrected chi connectivity index (χ0v) is 17.3. The van der Waals surface area contributed by atoms with E-state index in [1.54, 1.807) is 0 Å². The molecule has 0 saturated carbocycles. The van der Waals surface area contributed by atoms with E-state index in [1.165, 1.54) is 0 Å². The standard InChI is InChI=1S/C16H32N6.HI/c1-5-17-16(19-14-15(4)21(6-2)7-3)18-10-8-12-22-13-9-11-20-22;/h9,11,13,15H,5-8,10,12,14H2,1-4H3,(H2,17,18,19);1H. The molecule has 0 bridgehead atoms. The molecule has 6 nitrogen and oxygen atoms in total. The quantitative estimate of drug-likeness (QED) is 0.256. The zero-order valence-electron chi connectivity index (χ0n) is 15.0. The summed E-state index contributed by atoms with van der Waals surface area (Å²) in [6, 6.07) is 2.42. The van der Waals surface area contributed by atoms with E-state index in [-0.39, 0.29) is 24.0 Å². The summed E-state index contributed by atoms with van der Waals surface area (Å²) in [6.45, 7) is 14.4. The Kier molecular flexibility index (Phi) is 13.1. The number of rotatable bonds is 10. The van der Waals surface area contributed by atoms with Crippen molar-refractivity contribution in [1.82, 2.24) is 25.3 Å². The predicted octanol–water partition coefficient (Wildman–Crippen LogP) is 2.18. The van der Waals surface area contributed by atoms with E-state index < -0.39 is 0 Å². The molecule has 2 N–H and O–H groups in total. The number of hydrogen-bond acceptors (Lipinski definition) is 3. The van der Waals surface area contributed by atoms with Crippen molar-refractivity contribution in [1.29, 1.82) is 0 Å². The van der Waals surface area contributed by atoms with Crippen LogP contribution < -0.4 is 10.6 Å². The molecular formula is C16H33IN6. The van der Waals surface area contributed by atoms with Crippen LogP contribution in [0.15, 0.2) is 23.5 Å². The van der Waals surface area contributed by atoms with Gasteiger partial charge >= 0.3 is 0 Å². The Hall–Kier alpha value is -0.830. The number of likely N-dealkylation sites (N-methyl/N-ethyl adjacent to an activating group) is 1. The molecule has 1 heterocycles. The van der Waals surface area contributed by atoms with Crippen LogP contribution in [0.1, 0.15) is 34.1 Å². The summed E-state index contributed by atoms with van der Waals surface area (Å²) in [5.74, 6) is 0.905. The monoisotopic (exact) mass is 436 g/mol. The number of aromatic nitrogens is 2. The molecule has 0 aliphatic rings. The van der Waals surface area contributed by atoms with Gasteiger partial charge in [0.25, 0.3) is 0 Å². The van der Waals surface area contributed by atoms with Gasteiger partial charge in [-0.3, -0.25) is 14.6 Å². The van der Waals surface area contributed by atoms with Crippen LogP contribution in [0.4, 0.5) is 0 Å². The molecule has 23 heavy (non-hydrogen) atoms. The average molecular weight is 436 g/mol. The topological polar surface area (TPSA) is 57.5 Å². The highest BCUT2D eigenvalue weighted by Crippen LogP contribution is 1.98. The average Bonchev–Trinajstić information content (AvgIpc) is 3.03. The van der Waals surface area contributed by atoms with Gasteiger partial charge in [-0.25, -0.2) is 0 Å². The van der Waals surface area contributed by atoms with E-state index in [0.717, 1.165) is 51.6 Å². The Labute approximate surface area is 158 Å². The summed E-state index contributed by atoms with van der Waals surface area (Å²) in [7, 11) is 0. The fourth-order valence-corrected chi connectivity index (χ4v) is 2.41. The lowest BCUT2D eigenvalue weighted by Crippen LogP contribution is -2.40. The highest BCUT2D eigenvalue weighted by atomic mass is 127. The first-order valence-corrected chi connectivity index (χ1v) is 8.44. The van der Waals surface area contributed by atoms with Crippen molar-refractivity contribution in [3.63, 3.8) is 0 Å². The minimum absolute atomic E-state index is 0. The Morgan fingerprint density at radius 3 is 2.57 bits per heavy atom. The molecule has 0 aromatic carbocycles. The molecule has 1 aromatic rings. The third kappa shape index (κ3) is 9.14. The molecule has 0 amide bonds. The molecule has 1 unspecified atom stereocenters. The van der Waals surface area contributed by atoms with Crippen molar-refractivity contribution in [3.05, 3.63) is 18.5 Å². The lowest BCUT2D eigenvalue weighted by molar-refractivity contribution is 0.237. The highest BCUT2D eigenvalue weighted by Gasteiger charge is 2.09. The third-order valence-corrected chi connectivity index (χ3v) is 3.71. The Morgan fingerprint density at radius 1 is 1.26 bits per heavy atom. The van der Waals surface area contributed by atoms with Crippen molar-refractivity contribution in [2.75, 3.05) is 32.7 Å². The van der Waals surface area contributed by atoms with Crippen LogP contribution in [0.3, 0.4) is 0 Å². The number of aliphatic imine (C=N–C) groups is 1. The summed E-state index contributed by atoms with van der Waals surface area (Å²) in [5.41, 5.74) is 0. The summed E-state index contributed by atoms with van der Waals surface area (Å²) < 4.78 is 1.95. The molecule has 0 fully saturated rings. The van der Waals surface area contributed by atoms with Crippen LogP contribution in [0.25, 0.3) is 0 Å². The van der Waals surface area contributed by atoms with Gasteiger partial charge in [0.05, 0.1) is 6.54 Å². The van der Waals surface area contributed by atoms with Gasteiger partial charge in [-0.15, -0.1) is 24.0 Å². The van der Waals surface area contributed by atoms with Crippen LogP contribution in [0.2, 0.25) is 0 Å². The van der Waals surface area contributed by atoms with Crippen LogP contribution in [-0.2, 0) is 6.54 Å². The normalized spacial score (nSPS) is 12.8. The summed E-state index contributed by atoms with van der Waals surface area (Å²) >= 11 is 0. The van der Waals surface area contributed by atoms with E-state index in [2.05, 4.69) is 48.3 Å². The van der Waals surface area contributed by atoms with Crippen molar-refractivity contribution in [3.8, 4) is 0 Å². The SMILES string of the molecule is CCNC(=NCC(C)N(CC)CC)NCCCn1cccn1.I. The molecule has 1 rings (SSSR count). The maximum absolute atomic E-state index is 4.70. The molecule has 7 heteroatoms. The fourth-order valence-electron chi connectivity index (χ4n) is 2.41. The van der Waals surface area contributed by atoms with E-state index in [1.807, 2.05) is 23.1 Å². The minimum atomic E-state index is 0. The largest absolute Gasteiger partial charge is 0.357 e. The van der Waals surface area contributed by atoms with E-state index >= 15 is 0 Å². The van der Waals surface area contributed by atoms with E-state index in [0.29, 0.717) is 6.04 Å². The van der Waals surface area contributed by atoms with Crippen LogP contribution in [0, 0.1) is 0 Å². The van der Waals surface area contributed by atoms with Crippen molar-refractivity contribution in [2.24, 2.45) is 4.99 Å². The Bertz CT molecular complexity index is 403. The van der Waals surface area contributed by atoms with Crippen LogP contribution in [0.5, 0.6) is 0 Å². The maximum atomic E-state index is 4.70. The first-order valence-electron chi connectivity index (χ1n) is 8.44. The molecule has 1 aromatic heterocycles. The van der Waals surface area contributed by atoms with Gasteiger partial charge in [0, 0.05) is 38.1 Å². The summed E-state index contributed by atoms with van der Waals surface area (Å²) in [5, 5.41) is 10.9. The molecule has 0 saturated heterocycles. The number of halogens is 1. The number of nitrogens with zero attached hydrogens (tertiary/aromatic N) is 4. The van der Waals surface area contributed by atoms with Gasteiger partial charge in [0.1, 0.15) is 0 Å². The van der Waals surface area contributed by atoms with E-state index in [4.69, 9.17) is 4.99 Å². The lowest BCUT2D eigenvalue weighted by Gasteiger charge is -2.25. The van der Waals surface area contributed by atoms with Crippen molar-refractivity contribution in [2.45, 2.75) is 46.7 Å². The van der Waals surface area contributed by atoms with Gasteiger partial charge in [0.15, 0.2) is 5.96 Å². The first-order chi connectivity index (χ1) is 10.7. The van der Waals surface area contributed by atoms with Gasteiger partial charge in [-0.1, -0.05) is 13.8 Å². The number of hydrogen-bond donors (Lipinski definition) is 2. The zero-order chi connectivity index (χ0) is 16.2. The second-order valence-electron chi connectivity index (χ2n) is 5.34. The number of nitrogens with one attached hydrogen (secondary N) is 2. The van der Waals surface area contributed by atoms with Gasteiger partial charge < -0.3 is 10.6 Å². The molecule has 0 aliphatic carbocycles. The van der Waals surface area contributed by atoms with Gasteiger partial charge in [-0.2, -0.15) is 5.10 Å². The van der Waals surface area contributed by atoms with Crippen LogP contribution in [-0.4, -0.2) is 59.4 Å². The lowest BCUT2D eigenvalue weighted by atomic mass is 10.3. The molecule has 0 aliphatic heterocycles. The second kappa shape index (κ2) is 13.6. The first kappa shape index (κ1) is 22.2. The smallest absolute Gasteiger partial charge is 0.191 e. The highest BCUT2D eigenvalue weighted by molar-refractivity contribution is 14.0.